The predicted octanol–water partition coefficient (Wildman–Crippen LogP) is 4.53. The molecule has 0 radical (unpaired) electrons. The highest BCUT2D eigenvalue weighted by Gasteiger charge is 2.10. The first-order valence-electron chi connectivity index (χ1n) is 6.55. The van der Waals surface area contributed by atoms with Crippen LogP contribution in [0.3, 0.4) is 0 Å². The van der Waals surface area contributed by atoms with Crippen molar-refractivity contribution in [3.8, 4) is 0 Å². The summed E-state index contributed by atoms with van der Waals surface area (Å²) >= 11 is 6.79. The van der Waals surface area contributed by atoms with Gasteiger partial charge >= 0.3 is 0 Å². The van der Waals surface area contributed by atoms with Gasteiger partial charge in [0.1, 0.15) is 0 Å². The van der Waals surface area contributed by atoms with Crippen molar-refractivity contribution in [2.24, 2.45) is 0 Å². The molecule has 0 saturated carbocycles. The van der Waals surface area contributed by atoms with Crippen molar-refractivity contribution in [2.45, 2.75) is 24.4 Å². The monoisotopic (exact) mass is 380 g/mol. The molecule has 0 aliphatic heterocycles. The molecule has 1 aromatic carbocycles. The topological polar surface area (TPSA) is 34.9 Å². The number of thioether (sulfide) groups is 1. The number of benzene rings is 1. The maximum Gasteiger partial charge on any atom is 0.262 e. The Morgan fingerprint density at radius 2 is 2.10 bits per heavy atom. The second-order valence-corrected chi connectivity index (χ2v) is 7.95. The van der Waals surface area contributed by atoms with E-state index in [9.17, 15) is 4.79 Å². The Hall–Kier alpha value is -1.11. The van der Waals surface area contributed by atoms with E-state index < -0.39 is 0 Å². The van der Waals surface area contributed by atoms with Gasteiger partial charge in [0.15, 0.2) is 5.16 Å². The smallest absolute Gasteiger partial charge is 0.262 e. The number of fused-ring (bicyclic) bond motifs is 1. The van der Waals surface area contributed by atoms with E-state index in [2.05, 4.69) is 27.0 Å². The lowest BCUT2D eigenvalue weighted by Gasteiger charge is -2.10. The van der Waals surface area contributed by atoms with E-state index in [1.807, 2.05) is 37.3 Å². The lowest BCUT2D eigenvalue weighted by Crippen LogP contribution is -2.22. The van der Waals surface area contributed by atoms with Gasteiger partial charge < -0.3 is 0 Å². The third-order valence-corrected chi connectivity index (χ3v) is 5.95. The average Bonchev–Trinajstić information content (AvgIpc) is 2.91. The normalized spacial score (nSPS) is 11.1. The quantitative estimate of drug-likeness (QED) is 0.492. The summed E-state index contributed by atoms with van der Waals surface area (Å²) in [6, 6.07) is 11.7. The van der Waals surface area contributed by atoms with E-state index in [1.54, 1.807) is 27.7 Å². The number of rotatable bonds is 4. The third kappa shape index (κ3) is 3.07. The largest absolute Gasteiger partial charge is 0.287 e. The second-order valence-electron chi connectivity index (χ2n) is 4.46. The van der Waals surface area contributed by atoms with E-state index in [4.69, 9.17) is 0 Å². The van der Waals surface area contributed by atoms with Gasteiger partial charge in [0.05, 0.1) is 14.7 Å². The number of hydrogen-bond acceptors (Lipinski definition) is 4. The van der Waals surface area contributed by atoms with Gasteiger partial charge in [-0.1, -0.05) is 23.9 Å². The fourth-order valence-electron chi connectivity index (χ4n) is 2.10. The van der Waals surface area contributed by atoms with E-state index in [-0.39, 0.29) is 5.56 Å². The molecule has 2 aromatic heterocycles. The molecule has 3 nitrogen and oxygen atoms in total. The maximum absolute atomic E-state index is 12.5. The highest BCUT2D eigenvalue weighted by atomic mass is 79.9. The summed E-state index contributed by atoms with van der Waals surface area (Å²) < 4.78 is 2.87. The first-order valence-corrected chi connectivity index (χ1v) is 9.15. The van der Waals surface area contributed by atoms with Gasteiger partial charge in [-0.15, -0.1) is 11.3 Å². The van der Waals surface area contributed by atoms with Crippen molar-refractivity contribution in [1.82, 2.24) is 9.55 Å². The Bertz CT molecular complexity index is 841. The zero-order valence-electron chi connectivity index (χ0n) is 11.4. The lowest BCUT2D eigenvalue weighted by molar-refractivity contribution is 0.634. The van der Waals surface area contributed by atoms with Crippen LogP contribution in [0.15, 0.2) is 50.1 Å². The van der Waals surface area contributed by atoms with Crippen LogP contribution in [0.2, 0.25) is 0 Å². The number of para-hydroxylation sites is 1. The van der Waals surface area contributed by atoms with Crippen LogP contribution in [0.5, 0.6) is 0 Å². The van der Waals surface area contributed by atoms with E-state index in [0.717, 1.165) is 20.2 Å². The average molecular weight is 381 g/mol. The fraction of sp³-hybridized carbons (Fsp3) is 0.200. The van der Waals surface area contributed by atoms with Crippen LogP contribution in [-0.2, 0) is 12.3 Å². The third-order valence-electron chi connectivity index (χ3n) is 3.12. The van der Waals surface area contributed by atoms with Crippen molar-refractivity contribution >= 4 is 49.9 Å². The molecule has 6 heteroatoms. The fourth-order valence-corrected chi connectivity index (χ4v) is 4.69. The highest BCUT2D eigenvalue weighted by Crippen LogP contribution is 2.28. The van der Waals surface area contributed by atoms with E-state index in [0.29, 0.717) is 11.9 Å². The molecular weight excluding hydrogens is 368 g/mol. The molecule has 0 fully saturated rings. The molecule has 0 saturated heterocycles. The maximum atomic E-state index is 12.5. The molecule has 0 aliphatic carbocycles. The summed E-state index contributed by atoms with van der Waals surface area (Å²) in [7, 11) is 0. The molecular formula is C15H13BrN2OS2. The summed E-state index contributed by atoms with van der Waals surface area (Å²) in [6.45, 7) is 2.61. The summed E-state index contributed by atoms with van der Waals surface area (Å²) in [5, 5.41) is 1.47. The molecule has 108 valence electrons. The van der Waals surface area contributed by atoms with Crippen LogP contribution in [0.25, 0.3) is 10.9 Å². The minimum absolute atomic E-state index is 0.0398. The molecule has 3 aromatic rings. The Balaban J connectivity index is 1.99. The van der Waals surface area contributed by atoms with Crippen LogP contribution in [-0.4, -0.2) is 9.55 Å². The molecule has 21 heavy (non-hydrogen) atoms. The number of thiophene rings is 1. The van der Waals surface area contributed by atoms with Crippen LogP contribution in [0.4, 0.5) is 0 Å². The first kappa shape index (κ1) is 14.8. The van der Waals surface area contributed by atoms with E-state index in [1.165, 1.54) is 4.88 Å². The van der Waals surface area contributed by atoms with Gasteiger partial charge in [-0.3, -0.25) is 9.36 Å². The van der Waals surface area contributed by atoms with Crippen molar-refractivity contribution in [3.63, 3.8) is 0 Å². The van der Waals surface area contributed by atoms with Gasteiger partial charge in [0.2, 0.25) is 0 Å². The molecule has 0 amide bonds. The number of aromatic nitrogens is 2. The summed E-state index contributed by atoms with van der Waals surface area (Å²) in [6.07, 6.45) is 0. The molecule has 2 heterocycles. The summed E-state index contributed by atoms with van der Waals surface area (Å²) in [5.41, 5.74) is 0.806. The molecule has 0 unspecified atom stereocenters. The number of nitrogens with zero attached hydrogens (tertiary/aromatic N) is 2. The molecule has 0 N–H and O–H groups in total. The van der Waals surface area contributed by atoms with Crippen LogP contribution < -0.4 is 5.56 Å². The molecule has 0 aliphatic rings. The zero-order valence-corrected chi connectivity index (χ0v) is 14.6. The molecule has 0 bridgehead atoms. The Labute approximate surface area is 139 Å². The Kier molecular flexibility index (Phi) is 4.47. The molecule has 3 rings (SSSR count). The number of hydrogen-bond donors (Lipinski definition) is 0. The predicted molar refractivity (Wildman–Crippen MR) is 93.3 cm³/mol. The Morgan fingerprint density at radius 1 is 1.29 bits per heavy atom. The van der Waals surface area contributed by atoms with Crippen molar-refractivity contribution < 1.29 is 0 Å². The first-order chi connectivity index (χ1) is 10.2. The summed E-state index contributed by atoms with van der Waals surface area (Å²) in [4.78, 5) is 18.4. The minimum atomic E-state index is 0.0398. The lowest BCUT2D eigenvalue weighted by atomic mass is 10.2. The van der Waals surface area contributed by atoms with Gasteiger partial charge in [0, 0.05) is 17.2 Å². The van der Waals surface area contributed by atoms with Crippen LogP contribution in [0, 0.1) is 0 Å². The van der Waals surface area contributed by atoms with Gasteiger partial charge in [-0.05, 0) is 47.1 Å². The molecule has 0 spiro atoms. The SMILES string of the molecule is CCn1c(SCc2ccc(Br)s2)nc2ccccc2c1=O. The standard InChI is InChI=1S/C15H13BrN2OS2/c1-2-18-14(19)11-5-3-4-6-12(11)17-15(18)20-9-10-7-8-13(16)21-10/h3-8H,2,9H2,1H3. The van der Waals surface area contributed by atoms with Gasteiger partial charge in [-0.2, -0.15) is 0 Å². The minimum Gasteiger partial charge on any atom is -0.287 e. The second kappa shape index (κ2) is 6.34. The van der Waals surface area contributed by atoms with Gasteiger partial charge in [-0.25, -0.2) is 4.98 Å². The number of halogens is 1. The zero-order chi connectivity index (χ0) is 14.8. The van der Waals surface area contributed by atoms with E-state index >= 15 is 0 Å². The van der Waals surface area contributed by atoms with Crippen molar-refractivity contribution in [3.05, 3.63) is 55.4 Å². The summed E-state index contributed by atoms with van der Waals surface area (Å²) in [5.74, 6) is 0.820. The molecule has 0 atom stereocenters. The Morgan fingerprint density at radius 3 is 2.81 bits per heavy atom. The van der Waals surface area contributed by atoms with Gasteiger partial charge in [0.25, 0.3) is 5.56 Å². The highest BCUT2D eigenvalue weighted by molar-refractivity contribution is 9.11. The van der Waals surface area contributed by atoms with Crippen molar-refractivity contribution in [1.29, 1.82) is 0 Å². The van der Waals surface area contributed by atoms with Crippen LogP contribution >= 0.6 is 39.0 Å². The van der Waals surface area contributed by atoms with Crippen molar-refractivity contribution in [2.75, 3.05) is 0 Å². The van der Waals surface area contributed by atoms with Crippen LogP contribution in [0.1, 0.15) is 11.8 Å².